The van der Waals surface area contributed by atoms with Gasteiger partial charge in [-0.2, -0.15) is 0 Å². The van der Waals surface area contributed by atoms with Crippen molar-refractivity contribution < 1.29 is 14.4 Å². The molecule has 26 heavy (non-hydrogen) atoms. The Hall–Kier alpha value is -3.15. The van der Waals surface area contributed by atoms with E-state index < -0.39 is 11.8 Å². The zero-order valence-corrected chi connectivity index (χ0v) is 14.6. The fourth-order valence-corrected chi connectivity index (χ4v) is 2.95. The Morgan fingerprint density at radius 3 is 2.23 bits per heavy atom. The van der Waals surface area contributed by atoms with Crippen molar-refractivity contribution in [2.75, 3.05) is 36.4 Å². The second kappa shape index (κ2) is 7.82. The Morgan fingerprint density at radius 1 is 0.885 bits per heavy atom. The van der Waals surface area contributed by atoms with Gasteiger partial charge in [0.2, 0.25) is 0 Å². The first-order chi connectivity index (χ1) is 12.5. The first kappa shape index (κ1) is 17.7. The molecule has 2 aromatic rings. The molecule has 1 aliphatic rings. The summed E-state index contributed by atoms with van der Waals surface area (Å²) in [5.74, 6) is -1.32. The number of anilines is 2. The number of nitrogens with zero attached hydrogens (tertiary/aromatic N) is 2. The van der Waals surface area contributed by atoms with Gasteiger partial charge in [-0.05, 0) is 31.2 Å². The van der Waals surface area contributed by atoms with Crippen LogP contribution in [0.15, 0.2) is 54.6 Å². The molecule has 134 valence electrons. The number of hydrogen-bond donors (Lipinski definition) is 1. The molecule has 0 radical (unpaired) electrons. The van der Waals surface area contributed by atoms with E-state index in [0.29, 0.717) is 37.4 Å². The molecule has 1 saturated heterocycles. The lowest BCUT2D eigenvalue weighted by molar-refractivity contribution is -0.143. The van der Waals surface area contributed by atoms with Crippen LogP contribution in [0.2, 0.25) is 0 Å². The molecule has 0 bridgehead atoms. The van der Waals surface area contributed by atoms with Gasteiger partial charge in [-0.25, -0.2) is 0 Å². The van der Waals surface area contributed by atoms with Crippen LogP contribution in [0, 0.1) is 0 Å². The average Bonchev–Trinajstić information content (AvgIpc) is 2.68. The largest absolute Gasteiger partial charge is 0.368 e. The maximum atomic E-state index is 12.4. The van der Waals surface area contributed by atoms with Crippen molar-refractivity contribution in [2.24, 2.45) is 0 Å². The van der Waals surface area contributed by atoms with E-state index in [0.717, 1.165) is 5.69 Å². The van der Waals surface area contributed by atoms with E-state index in [9.17, 15) is 14.4 Å². The predicted octanol–water partition coefficient (Wildman–Crippen LogP) is 2.18. The zero-order valence-electron chi connectivity index (χ0n) is 14.6. The van der Waals surface area contributed by atoms with Crippen molar-refractivity contribution >= 4 is 29.0 Å². The lowest BCUT2D eigenvalue weighted by atomic mass is 10.1. The third-order valence-electron chi connectivity index (χ3n) is 4.41. The van der Waals surface area contributed by atoms with Gasteiger partial charge in [0.15, 0.2) is 5.78 Å². The molecule has 6 nitrogen and oxygen atoms in total. The van der Waals surface area contributed by atoms with Crippen LogP contribution in [0.4, 0.5) is 11.4 Å². The van der Waals surface area contributed by atoms with Crippen LogP contribution in [0.25, 0.3) is 0 Å². The van der Waals surface area contributed by atoms with Crippen molar-refractivity contribution in [3.8, 4) is 0 Å². The first-order valence-electron chi connectivity index (χ1n) is 8.56. The van der Waals surface area contributed by atoms with Gasteiger partial charge in [-0.1, -0.05) is 30.3 Å². The Labute approximate surface area is 152 Å². The average molecular weight is 351 g/mol. The van der Waals surface area contributed by atoms with Gasteiger partial charge >= 0.3 is 11.8 Å². The molecule has 1 aliphatic heterocycles. The summed E-state index contributed by atoms with van der Waals surface area (Å²) < 4.78 is 0. The molecule has 1 heterocycles. The molecule has 0 spiro atoms. The number of carbonyl (C=O) groups excluding carboxylic acids is 3. The van der Waals surface area contributed by atoms with Gasteiger partial charge in [0, 0.05) is 43.1 Å². The number of ketones is 1. The zero-order chi connectivity index (χ0) is 18.5. The minimum absolute atomic E-state index is 0.0931. The summed E-state index contributed by atoms with van der Waals surface area (Å²) in [5.41, 5.74) is 2.05. The maximum Gasteiger partial charge on any atom is 0.313 e. The summed E-state index contributed by atoms with van der Waals surface area (Å²) in [7, 11) is 0. The molecule has 0 aromatic heterocycles. The van der Waals surface area contributed by atoms with E-state index >= 15 is 0 Å². The fraction of sp³-hybridized carbons (Fsp3) is 0.250. The molecule has 0 saturated carbocycles. The van der Waals surface area contributed by atoms with Crippen LogP contribution in [0.5, 0.6) is 0 Å². The summed E-state index contributed by atoms with van der Waals surface area (Å²) in [6, 6.07) is 16.6. The second-order valence-electron chi connectivity index (χ2n) is 6.21. The highest BCUT2D eigenvalue weighted by atomic mass is 16.2. The lowest BCUT2D eigenvalue weighted by Crippen LogP contribution is -2.51. The third kappa shape index (κ3) is 4.08. The molecule has 2 aromatic carbocycles. The Kier molecular flexibility index (Phi) is 5.31. The summed E-state index contributed by atoms with van der Waals surface area (Å²) in [5, 5.41) is 2.58. The molecule has 0 aliphatic carbocycles. The van der Waals surface area contributed by atoms with Crippen molar-refractivity contribution in [1.29, 1.82) is 0 Å². The van der Waals surface area contributed by atoms with E-state index in [-0.39, 0.29) is 5.78 Å². The molecule has 1 N–H and O–H groups in total. The van der Waals surface area contributed by atoms with Gasteiger partial charge in [0.1, 0.15) is 0 Å². The highest BCUT2D eigenvalue weighted by Crippen LogP contribution is 2.16. The lowest BCUT2D eigenvalue weighted by Gasteiger charge is -2.35. The number of para-hydroxylation sites is 1. The molecule has 2 amide bonds. The topological polar surface area (TPSA) is 69.7 Å². The van der Waals surface area contributed by atoms with Gasteiger partial charge in [0.05, 0.1) is 0 Å². The smallest absolute Gasteiger partial charge is 0.313 e. The highest BCUT2D eigenvalue weighted by Gasteiger charge is 2.26. The summed E-state index contributed by atoms with van der Waals surface area (Å²) in [4.78, 5) is 39.8. The summed E-state index contributed by atoms with van der Waals surface area (Å²) >= 11 is 0. The van der Waals surface area contributed by atoms with Crippen molar-refractivity contribution in [3.05, 3.63) is 60.2 Å². The number of rotatable bonds is 3. The number of amides is 2. The highest BCUT2D eigenvalue weighted by molar-refractivity contribution is 6.39. The quantitative estimate of drug-likeness (QED) is 0.680. The van der Waals surface area contributed by atoms with Crippen LogP contribution < -0.4 is 10.2 Å². The molecular formula is C20H21N3O3. The van der Waals surface area contributed by atoms with Crippen LogP contribution >= 0.6 is 0 Å². The van der Waals surface area contributed by atoms with Gasteiger partial charge in [-0.15, -0.1) is 0 Å². The standard InChI is InChI=1S/C20H21N3O3/c1-15(24)16-6-5-7-17(14-16)21-19(25)20(26)23-12-10-22(11-13-23)18-8-3-2-4-9-18/h2-9,14H,10-13H2,1H3,(H,21,25). The SMILES string of the molecule is CC(=O)c1cccc(NC(=O)C(=O)N2CCN(c3ccccc3)CC2)c1. The fourth-order valence-electron chi connectivity index (χ4n) is 2.95. The van der Waals surface area contributed by atoms with E-state index in [1.165, 1.54) is 6.92 Å². The number of hydrogen-bond acceptors (Lipinski definition) is 4. The van der Waals surface area contributed by atoms with Gasteiger partial charge in [0.25, 0.3) is 0 Å². The minimum Gasteiger partial charge on any atom is -0.368 e. The molecular weight excluding hydrogens is 330 g/mol. The van der Waals surface area contributed by atoms with Crippen LogP contribution in [-0.4, -0.2) is 48.7 Å². The van der Waals surface area contributed by atoms with Crippen molar-refractivity contribution in [3.63, 3.8) is 0 Å². The number of carbonyl (C=O) groups is 3. The number of benzene rings is 2. The van der Waals surface area contributed by atoms with E-state index in [4.69, 9.17) is 0 Å². The summed E-state index contributed by atoms with van der Waals surface area (Å²) in [6.45, 7) is 3.81. The Balaban J connectivity index is 1.57. The number of nitrogens with one attached hydrogen (secondary N) is 1. The minimum atomic E-state index is -0.682. The van der Waals surface area contributed by atoms with Gasteiger partial charge < -0.3 is 15.1 Å². The van der Waals surface area contributed by atoms with E-state index in [1.807, 2.05) is 30.3 Å². The van der Waals surface area contributed by atoms with Crippen LogP contribution in [0.1, 0.15) is 17.3 Å². The van der Waals surface area contributed by atoms with Crippen molar-refractivity contribution in [1.82, 2.24) is 4.90 Å². The molecule has 0 atom stereocenters. The van der Waals surface area contributed by atoms with Crippen molar-refractivity contribution in [2.45, 2.75) is 6.92 Å². The maximum absolute atomic E-state index is 12.4. The Morgan fingerprint density at radius 2 is 1.58 bits per heavy atom. The van der Waals surface area contributed by atoms with Gasteiger partial charge in [-0.3, -0.25) is 14.4 Å². The number of piperazine rings is 1. The molecule has 6 heteroatoms. The van der Waals surface area contributed by atoms with Crippen LogP contribution in [-0.2, 0) is 9.59 Å². The Bertz CT molecular complexity index is 812. The van der Waals surface area contributed by atoms with E-state index in [1.54, 1.807) is 29.2 Å². The first-order valence-corrected chi connectivity index (χ1v) is 8.56. The normalized spacial score (nSPS) is 14.0. The van der Waals surface area contributed by atoms with Crippen LogP contribution in [0.3, 0.4) is 0 Å². The molecule has 1 fully saturated rings. The second-order valence-corrected chi connectivity index (χ2v) is 6.21. The number of Topliss-reactive ketones (excluding diaryl/α,β-unsaturated/α-hetero) is 1. The predicted molar refractivity (Wildman–Crippen MR) is 100 cm³/mol. The van der Waals surface area contributed by atoms with E-state index in [2.05, 4.69) is 10.2 Å². The monoisotopic (exact) mass is 351 g/mol. The molecule has 0 unspecified atom stereocenters. The molecule has 3 rings (SSSR count). The summed E-state index contributed by atoms with van der Waals surface area (Å²) in [6.07, 6.45) is 0. The third-order valence-corrected chi connectivity index (χ3v) is 4.41.